The number of carbonyl (C=O) groups excluding carboxylic acids is 3. The highest BCUT2D eigenvalue weighted by Crippen LogP contribution is 2.17. The number of nitrogens with zero attached hydrogens (tertiary/aromatic N) is 1. The zero-order chi connectivity index (χ0) is 47.3. The Kier molecular flexibility index (Phi) is 43.8. The van der Waals surface area contributed by atoms with Crippen LogP contribution in [0, 0.1) is 0 Å². The number of hydrogen-bond donors (Lipinski definition) is 2. The monoisotopic (exact) mass is 930 g/mol. The highest BCUT2D eigenvalue weighted by atomic mass is 32.2. The zero-order valence-corrected chi connectivity index (χ0v) is 43.3. The van der Waals surface area contributed by atoms with Gasteiger partial charge >= 0.3 is 17.9 Å². The van der Waals surface area contributed by atoms with Gasteiger partial charge in [-0.3, -0.25) is 14.4 Å². The number of hydrogen-bond acceptors (Lipinski definition) is 10. The van der Waals surface area contributed by atoms with E-state index < -0.39 is 15.6 Å². The average Bonchev–Trinajstić information content (AvgIpc) is 3.26. The maximum Gasteiger partial charge on any atom is 0.305 e. The van der Waals surface area contributed by atoms with Crippen LogP contribution in [-0.2, 0) is 38.6 Å². The van der Waals surface area contributed by atoms with Gasteiger partial charge in [0.05, 0.1) is 5.75 Å². The Balaban J connectivity index is 5.45. The summed E-state index contributed by atoms with van der Waals surface area (Å²) in [5, 5.41) is 3.23. The van der Waals surface area contributed by atoms with E-state index in [0.717, 1.165) is 57.8 Å². The Morgan fingerprint density at radius 3 is 0.953 bits per heavy atom. The fourth-order valence-corrected chi connectivity index (χ4v) is 8.82. The first-order valence-corrected chi connectivity index (χ1v) is 28.5. The van der Waals surface area contributed by atoms with E-state index in [4.69, 9.17) is 14.2 Å². The summed E-state index contributed by atoms with van der Waals surface area (Å²) in [6, 6.07) is 0. The fraction of sp³-hybridized carbons (Fsp3) is 0.942. The van der Waals surface area contributed by atoms with E-state index >= 15 is 0 Å². The lowest BCUT2D eigenvalue weighted by Crippen LogP contribution is -2.58. The molecule has 2 N–H and O–H groups in total. The number of esters is 3. The van der Waals surface area contributed by atoms with Crippen molar-refractivity contribution in [3.63, 3.8) is 0 Å². The van der Waals surface area contributed by atoms with Gasteiger partial charge in [-0.05, 0) is 33.4 Å². The minimum absolute atomic E-state index is 0.0280. The van der Waals surface area contributed by atoms with Crippen molar-refractivity contribution in [1.82, 2.24) is 14.9 Å². The van der Waals surface area contributed by atoms with Gasteiger partial charge in [0.2, 0.25) is 10.0 Å². The summed E-state index contributed by atoms with van der Waals surface area (Å²) in [4.78, 5) is 41.2. The van der Waals surface area contributed by atoms with E-state index in [1.54, 1.807) is 0 Å². The van der Waals surface area contributed by atoms with E-state index in [1.807, 2.05) is 19.0 Å². The van der Waals surface area contributed by atoms with Crippen molar-refractivity contribution in [3.8, 4) is 0 Å². The van der Waals surface area contributed by atoms with Crippen molar-refractivity contribution in [1.29, 1.82) is 0 Å². The molecular formula is C52H103N3O8S. The summed E-state index contributed by atoms with van der Waals surface area (Å²) in [6.45, 7) is 6.83. The molecule has 0 rings (SSSR count). The van der Waals surface area contributed by atoms with Crippen LogP contribution < -0.4 is 10.0 Å². The van der Waals surface area contributed by atoms with E-state index in [1.165, 1.54) is 135 Å². The molecule has 0 unspecified atom stereocenters. The second-order valence-electron chi connectivity index (χ2n) is 19.1. The van der Waals surface area contributed by atoms with Crippen molar-refractivity contribution < 1.29 is 37.0 Å². The van der Waals surface area contributed by atoms with Crippen molar-refractivity contribution in [2.75, 3.05) is 59.3 Å². The molecule has 0 radical (unpaired) electrons. The molecule has 0 saturated heterocycles. The van der Waals surface area contributed by atoms with Gasteiger partial charge in [-0.1, -0.05) is 213 Å². The highest BCUT2D eigenvalue weighted by Gasteiger charge is 2.36. The molecule has 0 aromatic carbocycles. The van der Waals surface area contributed by atoms with Crippen molar-refractivity contribution in [2.45, 2.75) is 257 Å². The molecule has 12 heteroatoms. The summed E-state index contributed by atoms with van der Waals surface area (Å²) in [7, 11) is 0.106. The van der Waals surface area contributed by atoms with Gasteiger partial charge < -0.3 is 24.4 Å². The first kappa shape index (κ1) is 62.2. The normalized spacial score (nSPS) is 12.0. The predicted molar refractivity (Wildman–Crippen MR) is 267 cm³/mol. The van der Waals surface area contributed by atoms with E-state index in [2.05, 4.69) is 30.8 Å². The number of ether oxygens (including phenoxy) is 3. The Morgan fingerprint density at radius 1 is 0.422 bits per heavy atom. The third-order valence-corrected chi connectivity index (χ3v) is 13.6. The standard InChI is InChI=1S/C52H103N3O8S/c1-6-9-12-15-18-21-24-27-30-33-36-39-49(56)61-46-52(53-43-45-64(59,60)54-42-44-55(4)5,47-62-50(57)40-37-34-31-28-25-22-19-16-13-10-7-2)48-63-51(58)41-38-35-32-29-26-23-20-17-14-11-8-3/h53-54H,6-48H2,1-5H3. The summed E-state index contributed by atoms with van der Waals surface area (Å²) in [6.07, 6.45) is 39.5. The van der Waals surface area contributed by atoms with E-state index in [0.29, 0.717) is 25.8 Å². The van der Waals surface area contributed by atoms with Crippen molar-refractivity contribution >= 4 is 27.9 Å². The number of nitrogens with one attached hydrogen (secondary N) is 2. The highest BCUT2D eigenvalue weighted by molar-refractivity contribution is 7.89. The quantitative estimate of drug-likeness (QED) is 0.0344. The summed E-state index contributed by atoms with van der Waals surface area (Å²) >= 11 is 0. The molecule has 0 aliphatic heterocycles. The van der Waals surface area contributed by atoms with Crippen LogP contribution in [0.3, 0.4) is 0 Å². The molecule has 0 atom stereocenters. The molecule has 0 spiro atoms. The maximum absolute atomic E-state index is 13.1. The second kappa shape index (κ2) is 45.0. The van der Waals surface area contributed by atoms with Gasteiger partial charge in [-0.25, -0.2) is 13.1 Å². The number of carbonyl (C=O) groups is 3. The van der Waals surface area contributed by atoms with E-state index in [9.17, 15) is 22.8 Å². The Hall–Kier alpha value is -1.76. The molecule has 0 heterocycles. The first-order valence-electron chi connectivity index (χ1n) is 26.8. The molecule has 0 aromatic rings. The molecule has 0 aromatic heterocycles. The third kappa shape index (κ3) is 42.8. The molecule has 0 amide bonds. The number of rotatable bonds is 50. The minimum atomic E-state index is -3.64. The first-order chi connectivity index (χ1) is 31.0. The van der Waals surface area contributed by atoms with Crippen molar-refractivity contribution in [3.05, 3.63) is 0 Å². The molecule has 0 aliphatic rings. The Bertz CT molecular complexity index is 1080. The lowest BCUT2D eigenvalue weighted by atomic mass is 10.0. The second-order valence-corrected chi connectivity index (χ2v) is 21.0. The van der Waals surface area contributed by atoms with Gasteiger partial charge in [-0.15, -0.1) is 0 Å². The lowest BCUT2D eigenvalue weighted by Gasteiger charge is -2.33. The van der Waals surface area contributed by atoms with Gasteiger partial charge in [0.15, 0.2) is 0 Å². The largest absolute Gasteiger partial charge is 0.463 e. The van der Waals surface area contributed by atoms with Crippen LogP contribution in [0.2, 0.25) is 0 Å². The molecule has 380 valence electrons. The summed E-state index contributed by atoms with van der Waals surface area (Å²) < 4.78 is 45.9. The van der Waals surface area contributed by atoms with Crippen LogP contribution in [0.15, 0.2) is 0 Å². The van der Waals surface area contributed by atoms with Gasteiger partial charge in [-0.2, -0.15) is 0 Å². The molecule has 0 fully saturated rings. The number of likely N-dealkylation sites (N-methyl/N-ethyl adjacent to an activating group) is 1. The molecule has 0 bridgehead atoms. The van der Waals surface area contributed by atoms with Crippen LogP contribution in [0.25, 0.3) is 0 Å². The van der Waals surface area contributed by atoms with Gasteiger partial charge in [0, 0.05) is 38.9 Å². The fourth-order valence-electron chi connectivity index (χ4n) is 7.90. The molecule has 0 saturated carbocycles. The van der Waals surface area contributed by atoms with E-state index in [-0.39, 0.29) is 75.8 Å². The summed E-state index contributed by atoms with van der Waals surface area (Å²) in [5.41, 5.74) is -1.31. The summed E-state index contributed by atoms with van der Waals surface area (Å²) in [5.74, 6) is -1.38. The number of sulfonamides is 1. The van der Waals surface area contributed by atoms with Gasteiger partial charge in [0.1, 0.15) is 25.4 Å². The smallest absolute Gasteiger partial charge is 0.305 e. The average molecular weight is 930 g/mol. The van der Waals surface area contributed by atoms with Gasteiger partial charge in [0.25, 0.3) is 0 Å². The Morgan fingerprint density at radius 2 is 0.688 bits per heavy atom. The third-order valence-electron chi connectivity index (χ3n) is 12.2. The molecular weight excluding hydrogens is 827 g/mol. The number of unbranched alkanes of at least 4 members (excludes halogenated alkanes) is 30. The van der Waals surface area contributed by atoms with Crippen LogP contribution in [0.5, 0.6) is 0 Å². The zero-order valence-electron chi connectivity index (χ0n) is 42.5. The van der Waals surface area contributed by atoms with Crippen LogP contribution in [0.1, 0.15) is 252 Å². The maximum atomic E-state index is 13.1. The molecule has 11 nitrogen and oxygen atoms in total. The Labute approximate surface area is 395 Å². The minimum Gasteiger partial charge on any atom is -0.463 e. The molecule has 64 heavy (non-hydrogen) atoms. The van der Waals surface area contributed by atoms with Crippen LogP contribution in [-0.4, -0.2) is 96.1 Å². The molecule has 0 aliphatic carbocycles. The van der Waals surface area contributed by atoms with Crippen molar-refractivity contribution in [2.24, 2.45) is 0 Å². The topological polar surface area (TPSA) is 140 Å². The SMILES string of the molecule is CCCCCCCCCCCCCC(=O)OCC(COC(=O)CCCCCCCCCCCCC)(COC(=O)CCCCCCCCCCCCC)NCCS(=O)(=O)NCCN(C)C. The van der Waals surface area contributed by atoms with Crippen LogP contribution >= 0.6 is 0 Å². The lowest BCUT2D eigenvalue weighted by molar-refractivity contribution is -0.157. The predicted octanol–water partition coefficient (Wildman–Crippen LogP) is 12.5. The van der Waals surface area contributed by atoms with Crippen LogP contribution in [0.4, 0.5) is 0 Å².